The van der Waals surface area contributed by atoms with Gasteiger partial charge in [-0.05, 0) is 26.0 Å². The molecule has 0 unspecified atom stereocenters. The average molecular weight is 371 g/mol. The van der Waals surface area contributed by atoms with Crippen molar-refractivity contribution in [3.05, 3.63) is 57.4 Å². The lowest BCUT2D eigenvalue weighted by Gasteiger charge is -2.34. The fourth-order valence-corrected chi connectivity index (χ4v) is 3.26. The number of piperazine rings is 1. The van der Waals surface area contributed by atoms with E-state index in [4.69, 9.17) is 0 Å². The lowest BCUT2D eigenvalue weighted by atomic mass is 10.2. The summed E-state index contributed by atoms with van der Waals surface area (Å²) in [4.78, 5) is 39.0. The van der Waals surface area contributed by atoms with Crippen molar-refractivity contribution >= 4 is 17.5 Å². The van der Waals surface area contributed by atoms with Crippen LogP contribution in [-0.2, 0) is 11.3 Å². The largest absolute Gasteiger partial charge is 0.338 e. The van der Waals surface area contributed by atoms with Crippen LogP contribution in [-0.4, -0.2) is 62.5 Å². The molecule has 9 nitrogen and oxygen atoms in total. The number of carbonyl (C=O) groups excluding carboxylic acids is 2. The SMILES string of the molecule is Cc1nn(CC(=O)N2CCN(C(=O)c3ccccc3)CC2)c(C)c1[N+](=O)[O-]. The van der Waals surface area contributed by atoms with E-state index >= 15 is 0 Å². The molecule has 2 amide bonds. The van der Waals surface area contributed by atoms with Crippen LogP contribution in [0.5, 0.6) is 0 Å². The zero-order valence-electron chi connectivity index (χ0n) is 15.3. The van der Waals surface area contributed by atoms with Crippen molar-refractivity contribution in [1.82, 2.24) is 19.6 Å². The second-order valence-corrected chi connectivity index (χ2v) is 6.47. The Morgan fingerprint density at radius 1 is 1.07 bits per heavy atom. The van der Waals surface area contributed by atoms with Gasteiger partial charge in [0.15, 0.2) is 0 Å². The van der Waals surface area contributed by atoms with Crippen LogP contribution >= 0.6 is 0 Å². The Bertz CT molecular complexity index is 869. The molecule has 2 heterocycles. The molecule has 3 rings (SSSR count). The van der Waals surface area contributed by atoms with Gasteiger partial charge < -0.3 is 9.80 Å². The van der Waals surface area contributed by atoms with Crippen LogP contribution in [0.1, 0.15) is 21.7 Å². The number of hydrogen-bond donors (Lipinski definition) is 0. The van der Waals surface area contributed by atoms with E-state index in [9.17, 15) is 19.7 Å². The highest BCUT2D eigenvalue weighted by molar-refractivity contribution is 5.94. The van der Waals surface area contributed by atoms with Crippen molar-refractivity contribution in [2.24, 2.45) is 0 Å². The molecule has 0 radical (unpaired) electrons. The van der Waals surface area contributed by atoms with Crippen LogP contribution in [0.15, 0.2) is 30.3 Å². The predicted octanol–water partition coefficient (Wildman–Crippen LogP) is 1.39. The molecule has 1 aliphatic heterocycles. The number of nitro groups is 1. The molecular formula is C18H21N5O4. The maximum Gasteiger partial charge on any atom is 0.312 e. The minimum Gasteiger partial charge on any atom is -0.338 e. The molecule has 0 saturated carbocycles. The van der Waals surface area contributed by atoms with Crippen LogP contribution < -0.4 is 0 Å². The van der Waals surface area contributed by atoms with Gasteiger partial charge in [-0.25, -0.2) is 0 Å². The maximum atomic E-state index is 12.5. The van der Waals surface area contributed by atoms with Gasteiger partial charge in [0.25, 0.3) is 5.91 Å². The monoisotopic (exact) mass is 371 g/mol. The van der Waals surface area contributed by atoms with Gasteiger partial charge in [-0.15, -0.1) is 0 Å². The molecule has 9 heteroatoms. The smallest absolute Gasteiger partial charge is 0.312 e. The summed E-state index contributed by atoms with van der Waals surface area (Å²) in [5.41, 5.74) is 1.24. The molecule has 1 aliphatic rings. The predicted molar refractivity (Wildman–Crippen MR) is 97.3 cm³/mol. The number of nitrogens with zero attached hydrogens (tertiary/aromatic N) is 5. The van der Waals surface area contributed by atoms with Crippen molar-refractivity contribution in [3.63, 3.8) is 0 Å². The first-order valence-corrected chi connectivity index (χ1v) is 8.69. The van der Waals surface area contributed by atoms with Crippen molar-refractivity contribution in [3.8, 4) is 0 Å². The molecule has 142 valence electrons. The molecule has 27 heavy (non-hydrogen) atoms. The summed E-state index contributed by atoms with van der Waals surface area (Å²) < 4.78 is 1.37. The zero-order chi connectivity index (χ0) is 19.6. The second-order valence-electron chi connectivity index (χ2n) is 6.47. The second kappa shape index (κ2) is 7.56. The Morgan fingerprint density at radius 3 is 2.22 bits per heavy atom. The molecule has 1 fully saturated rings. The van der Waals surface area contributed by atoms with Crippen LogP contribution in [0.2, 0.25) is 0 Å². The summed E-state index contributed by atoms with van der Waals surface area (Å²) in [7, 11) is 0. The van der Waals surface area contributed by atoms with E-state index in [-0.39, 0.29) is 24.0 Å². The summed E-state index contributed by atoms with van der Waals surface area (Å²) in [6.45, 7) is 4.86. The highest BCUT2D eigenvalue weighted by Gasteiger charge is 2.27. The lowest BCUT2D eigenvalue weighted by Crippen LogP contribution is -2.51. The van der Waals surface area contributed by atoms with Crippen LogP contribution in [0.25, 0.3) is 0 Å². The molecule has 1 aromatic carbocycles. The fourth-order valence-electron chi connectivity index (χ4n) is 3.26. The minimum absolute atomic E-state index is 0.0446. The topological polar surface area (TPSA) is 102 Å². The van der Waals surface area contributed by atoms with E-state index < -0.39 is 4.92 Å². The standard InChI is InChI=1S/C18H21N5O4/c1-13-17(23(26)27)14(2)22(19-13)12-16(24)20-8-10-21(11-9-20)18(25)15-6-4-3-5-7-15/h3-7H,8-12H2,1-2H3. The summed E-state index contributed by atoms with van der Waals surface area (Å²) in [6, 6.07) is 9.04. The molecule has 0 spiro atoms. The first-order chi connectivity index (χ1) is 12.9. The third kappa shape index (κ3) is 3.81. The number of benzene rings is 1. The Labute approximate surface area is 156 Å². The highest BCUT2D eigenvalue weighted by Crippen LogP contribution is 2.21. The van der Waals surface area contributed by atoms with Crippen LogP contribution in [0.4, 0.5) is 5.69 Å². The number of amides is 2. The summed E-state index contributed by atoms with van der Waals surface area (Å²) in [5, 5.41) is 15.2. The first kappa shape index (κ1) is 18.6. The number of aryl methyl sites for hydroxylation is 1. The fraction of sp³-hybridized carbons (Fsp3) is 0.389. The first-order valence-electron chi connectivity index (χ1n) is 8.69. The molecule has 1 aromatic heterocycles. The molecule has 0 aliphatic carbocycles. The minimum atomic E-state index is -0.480. The zero-order valence-corrected chi connectivity index (χ0v) is 15.3. The van der Waals surface area contributed by atoms with E-state index in [0.29, 0.717) is 43.1 Å². The lowest BCUT2D eigenvalue weighted by molar-refractivity contribution is -0.386. The van der Waals surface area contributed by atoms with Crippen molar-refractivity contribution < 1.29 is 14.5 Å². The maximum absolute atomic E-state index is 12.5. The number of rotatable bonds is 4. The van der Waals surface area contributed by atoms with E-state index in [2.05, 4.69) is 5.10 Å². The average Bonchev–Trinajstić information content (AvgIpc) is 2.95. The Balaban J connectivity index is 1.60. The number of hydrogen-bond acceptors (Lipinski definition) is 5. The molecule has 0 N–H and O–H groups in total. The van der Waals surface area contributed by atoms with Gasteiger partial charge in [0.1, 0.15) is 17.9 Å². The van der Waals surface area contributed by atoms with E-state index in [1.165, 1.54) is 4.68 Å². The Hall–Kier alpha value is -3.23. The quantitative estimate of drug-likeness (QED) is 0.597. The van der Waals surface area contributed by atoms with Gasteiger partial charge >= 0.3 is 5.69 Å². The number of aromatic nitrogens is 2. The molecule has 0 bridgehead atoms. The summed E-state index contributed by atoms with van der Waals surface area (Å²) >= 11 is 0. The van der Waals surface area contributed by atoms with Crippen molar-refractivity contribution in [2.45, 2.75) is 20.4 Å². The van der Waals surface area contributed by atoms with Gasteiger partial charge in [-0.2, -0.15) is 5.10 Å². The molecule has 2 aromatic rings. The summed E-state index contributed by atoms with van der Waals surface area (Å²) in [6.07, 6.45) is 0. The normalized spacial score (nSPS) is 14.3. The van der Waals surface area contributed by atoms with Crippen LogP contribution in [0.3, 0.4) is 0 Å². The molecule has 1 saturated heterocycles. The molecular weight excluding hydrogens is 350 g/mol. The van der Waals surface area contributed by atoms with Crippen molar-refractivity contribution in [1.29, 1.82) is 0 Å². The van der Waals surface area contributed by atoms with Gasteiger partial charge in [0, 0.05) is 31.7 Å². The van der Waals surface area contributed by atoms with Gasteiger partial charge in [0.2, 0.25) is 5.91 Å². The van der Waals surface area contributed by atoms with E-state index in [1.807, 2.05) is 18.2 Å². The molecule has 0 atom stereocenters. The van der Waals surface area contributed by atoms with Crippen LogP contribution in [0, 0.1) is 24.0 Å². The highest BCUT2D eigenvalue weighted by atomic mass is 16.6. The third-order valence-electron chi connectivity index (χ3n) is 4.75. The van der Waals surface area contributed by atoms with E-state index in [0.717, 1.165) is 0 Å². The van der Waals surface area contributed by atoms with Gasteiger partial charge in [-0.1, -0.05) is 18.2 Å². The third-order valence-corrected chi connectivity index (χ3v) is 4.75. The number of carbonyl (C=O) groups is 2. The Kier molecular flexibility index (Phi) is 5.20. The van der Waals surface area contributed by atoms with Gasteiger partial charge in [0.05, 0.1) is 4.92 Å². The Morgan fingerprint density at radius 2 is 1.67 bits per heavy atom. The van der Waals surface area contributed by atoms with Gasteiger partial charge in [-0.3, -0.25) is 24.4 Å². The summed E-state index contributed by atoms with van der Waals surface area (Å²) in [5.74, 6) is -0.209. The van der Waals surface area contributed by atoms with E-state index in [1.54, 1.807) is 35.8 Å². The van der Waals surface area contributed by atoms with Crippen molar-refractivity contribution in [2.75, 3.05) is 26.2 Å².